The lowest BCUT2D eigenvalue weighted by Gasteiger charge is -2.39. The number of imidazole rings is 2. The number of hydrogen-bond donors (Lipinski definition) is 3. The van der Waals surface area contributed by atoms with Crippen LogP contribution in [0.2, 0.25) is 0 Å². The van der Waals surface area contributed by atoms with Gasteiger partial charge in [0.1, 0.15) is 48.7 Å². The lowest BCUT2D eigenvalue weighted by molar-refractivity contribution is -0.0944. The number of aliphatic hydroxyl groups is 1. The number of amides is 2. The molecule has 452 valence electrons. The molecule has 0 saturated carbocycles. The molecule has 4 aromatic heterocycles. The minimum atomic E-state index is -4.10. The third kappa shape index (κ3) is 12.9. The molecular weight excluding hydrogens is 1160 g/mol. The number of fused-ring (bicyclic) bond motifs is 2. The molecule has 9 aromatic rings. The molecule has 0 aliphatic carbocycles. The SMILES string of the molecule is C=CCC(C)(CC)C(CC#N)OP(=S)(OCC1OC(n2cnc3c(NC(=O)c4ccccc4)ncnc32)CC1O)OC1CC(n2cnc3c(NC(=O)c4ccccc4)ncnc32)OC1COC(c1ccccc1)(c1ccc(C)cc1)c1ccc(OC)cc1. The van der Waals surface area contributed by atoms with E-state index in [2.05, 4.69) is 48.2 Å². The van der Waals surface area contributed by atoms with Crippen molar-refractivity contribution in [1.29, 1.82) is 5.26 Å². The van der Waals surface area contributed by atoms with Crippen LogP contribution in [0.5, 0.6) is 5.75 Å². The van der Waals surface area contributed by atoms with Gasteiger partial charge in [-0.05, 0) is 90.1 Å². The standard InChI is InChI=1S/C65H66N11O10PS/c1-6-32-64(4,7-2)53(31-33-66)86-87(88,82-37-51-49(77)34-54(83-51)75-40-71-56-58(67-38-69-60(56)75)73-62(78)43-17-11-8-12-18-43)85-50-35-55(76-41-72-57-59(68-39-70-61(57)76)74-63(79)44-19-13-9-14-20-44)84-52(50)36-81-65(45-21-15-10-16-22-45,46-25-23-42(3)24-26-46)47-27-29-48(80-5)30-28-47/h6,8-30,38-41,49-55,77H,1,7,31-32,34-37H2,2-5H3,(H,67,69,73,78)(H,68,70,74,79). The minimum absolute atomic E-state index is 0.0739. The van der Waals surface area contributed by atoms with Crippen LogP contribution < -0.4 is 15.4 Å². The monoisotopic (exact) mass is 1220 g/mol. The summed E-state index contributed by atoms with van der Waals surface area (Å²) in [5.74, 6) is 0.295. The van der Waals surface area contributed by atoms with Gasteiger partial charge in [0.2, 0.25) is 0 Å². The maximum atomic E-state index is 13.5. The van der Waals surface area contributed by atoms with E-state index in [4.69, 9.17) is 49.3 Å². The van der Waals surface area contributed by atoms with Crippen LogP contribution in [0.1, 0.15) is 101 Å². The molecule has 0 spiro atoms. The number of aromatic nitrogens is 8. The number of nitrogens with zero attached hydrogens (tertiary/aromatic N) is 9. The van der Waals surface area contributed by atoms with Crippen LogP contribution in [0, 0.1) is 23.7 Å². The summed E-state index contributed by atoms with van der Waals surface area (Å²) in [4.78, 5) is 53.8. The van der Waals surface area contributed by atoms with Crippen molar-refractivity contribution < 1.29 is 47.2 Å². The molecular formula is C65H66N11O10PS. The Morgan fingerprint density at radius 3 is 1.82 bits per heavy atom. The molecule has 2 saturated heterocycles. The van der Waals surface area contributed by atoms with E-state index in [1.807, 2.05) is 112 Å². The van der Waals surface area contributed by atoms with E-state index in [-0.39, 0.29) is 55.9 Å². The van der Waals surface area contributed by atoms with E-state index in [1.165, 1.54) is 19.0 Å². The average Bonchev–Trinajstić information content (AvgIpc) is 2.31. The van der Waals surface area contributed by atoms with Gasteiger partial charge in [-0.3, -0.25) is 18.7 Å². The Morgan fingerprint density at radius 1 is 0.761 bits per heavy atom. The molecule has 0 radical (unpaired) electrons. The number of methoxy groups -OCH3 is 1. The summed E-state index contributed by atoms with van der Waals surface area (Å²) in [7, 11) is 1.62. The topological polar surface area (TPSA) is 254 Å². The highest BCUT2D eigenvalue weighted by atomic mass is 32.5. The van der Waals surface area contributed by atoms with E-state index in [1.54, 1.807) is 77.2 Å². The van der Waals surface area contributed by atoms with Gasteiger partial charge in [0.05, 0.1) is 63.8 Å². The quantitative estimate of drug-likeness (QED) is 0.0273. The number of aliphatic hydroxyl groups excluding tert-OH is 1. The lowest BCUT2D eigenvalue weighted by Crippen LogP contribution is -2.39. The Bertz CT molecular complexity index is 3990. The van der Waals surface area contributed by atoms with Gasteiger partial charge in [-0.15, -0.1) is 6.58 Å². The highest BCUT2D eigenvalue weighted by Gasteiger charge is 2.48. The maximum absolute atomic E-state index is 13.5. The van der Waals surface area contributed by atoms with Crippen molar-refractivity contribution in [3.63, 3.8) is 0 Å². The first-order valence-corrected chi connectivity index (χ1v) is 31.4. The molecule has 2 aliphatic heterocycles. The number of anilines is 2. The number of nitriles is 1. The van der Waals surface area contributed by atoms with Crippen LogP contribution in [0.15, 0.2) is 177 Å². The minimum Gasteiger partial charge on any atom is -0.497 e. The number of allylic oxidation sites excluding steroid dienone is 1. The summed E-state index contributed by atoms with van der Waals surface area (Å²) in [6.07, 6.45) is 2.29. The maximum Gasteiger partial charge on any atom is 0.327 e. The van der Waals surface area contributed by atoms with Gasteiger partial charge < -0.3 is 48.3 Å². The van der Waals surface area contributed by atoms with Gasteiger partial charge >= 0.3 is 6.72 Å². The van der Waals surface area contributed by atoms with Gasteiger partial charge in [-0.2, -0.15) is 5.26 Å². The largest absolute Gasteiger partial charge is 0.497 e. The van der Waals surface area contributed by atoms with Crippen LogP contribution in [0.4, 0.5) is 11.6 Å². The second-order valence-electron chi connectivity index (χ2n) is 21.8. The van der Waals surface area contributed by atoms with Crippen molar-refractivity contribution in [1.82, 2.24) is 39.0 Å². The molecule has 2 amide bonds. The highest BCUT2D eigenvalue weighted by molar-refractivity contribution is 8.07. The number of carbonyl (C=O) groups is 2. The van der Waals surface area contributed by atoms with Crippen LogP contribution in [-0.2, 0) is 45.2 Å². The fraction of sp³-hybridized carbons (Fsp3) is 0.308. The smallest absolute Gasteiger partial charge is 0.327 e. The fourth-order valence-electron chi connectivity index (χ4n) is 11.2. The number of ether oxygens (including phenoxy) is 4. The summed E-state index contributed by atoms with van der Waals surface area (Å²) in [6, 6.07) is 45.6. The third-order valence-corrected chi connectivity index (χ3v) is 18.6. The first-order chi connectivity index (χ1) is 42.7. The molecule has 3 N–H and O–H groups in total. The van der Waals surface area contributed by atoms with Crippen molar-refractivity contribution in [2.45, 2.75) is 101 Å². The highest BCUT2D eigenvalue weighted by Crippen LogP contribution is 2.58. The lowest BCUT2D eigenvalue weighted by atomic mass is 9.77. The zero-order valence-corrected chi connectivity index (χ0v) is 50.6. The summed E-state index contributed by atoms with van der Waals surface area (Å²) in [5.41, 5.74) is 3.82. The Hall–Kier alpha value is -8.46. The predicted octanol–water partition coefficient (Wildman–Crippen LogP) is 11.3. The molecule has 2 fully saturated rings. The second-order valence-corrected chi connectivity index (χ2v) is 24.7. The van der Waals surface area contributed by atoms with E-state index in [0.717, 1.165) is 22.3 Å². The van der Waals surface area contributed by atoms with Crippen molar-refractivity contribution in [3.8, 4) is 11.8 Å². The van der Waals surface area contributed by atoms with Gasteiger partial charge in [0.15, 0.2) is 34.0 Å². The molecule has 5 aromatic carbocycles. The normalized spacial score (nSPS) is 20.7. The van der Waals surface area contributed by atoms with Gasteiger partial charge in [-0.1, -0.05) is 129 Å². The van der Waals surface area contributed by atoms with E-state index in [9.17, 15) is 20.0 Å². The van der Waals surface area contributed by atoms with Gasteiger partial charge in [0.25, 0.3) is 11.8 Å². The van der Waals surface area contributed by atoms with Crippen molar-refractivity contribution in [2.24, 2.45) is 5.41 Å². The third-order valence-electron chi connectivity index (χ3n) is 16.2. The van der Waals surface area contributed by atoms with Crippen molar-refractivity contribution in [2.75, 3.05) is 31.0 Å². The van der Waals surface area contributed by atoms with E-state index >= 15 is 0 Å². The average molecular weight is 1220 g/mol. The summed E-state index contributed by atoms with van der Waals surface area (Å²) < 4.78 is 51.3. The van der Waals surface area contributed by atoms with Crippen molar-refractivity contribution in [3.05, 3.63) is 211 Å². The molecule has 23 heteroatoms. The number of aryl methyl sites for hydroxylation is 1. The zero-order chi connectivity index (χ0) is 61.4. The number of benzene rings is 5. The Labute approximate surface area is 514 Å². The molecule has 10 atom stereocenters. The molecule has 11 rings (SSSR count). The fourth-order valence-corrected chi connectivity index (χ4v) is 13.7. The second kappa shape index (κ2) is 26.9. The summed E-state index contributed by atoms with van der Waals surface area (Å²) in [6.45, 7) is 5.56. The van der Waals surface area contributed by atoms with E-state index < -0.39 is 60.7 Å². The van der Waals surface area contributed by atoms with Crippen LogP contribution in [0.3, 0.4) is 0 Å². The van der Waals surface area contributed by atoms with Crippen molar-refractivity contribution >= 4 is 64.3 Å². The Morgan fingerprint density at radius 2 is 1.28 bits per heavy atom. The summed E-state index contributed by atoms with van der Waals surface area (Å²) >= 11 is 6.57. The van der Waals surface area contributed by atoms with Gasteiger partial charge in [-0.25, -0.2) is 29.9 Å². The number of nitrogens with one attached hydrogen (secondary N) is 2. The summed E-state index contributed by atoms with van der Waals surface area (Å²) in [5, 5.41) is 28.0. The van der Waals surface area contributed by atoms with E-state index in [0.29, 0.717) is 52.0 Å². The van der Waals surface area contributed by atoms with Crippen LogP contribution >= 0.6 is 6.72 Å². The zero-order valence-electron chi connectivity index (χ0n) is 48.9. The molecule has 10 unspecified atom stereocenters. The molecule has 0 bridgehead atoms. The molecule has 21 nitrogen and oxygen atoms in total. The molecule has 2 aliphatic rings. The number of carbonyl (C=O) groups excluding carboxylic acids is 2. The van der Waals surface area contributed by atoms with Crippen LogP contribution in [-0.4, -0.2) is 107 Å². The first kappa shape index (κ1) is 61.2. The van der Waals surface area contributed by atoms with Crippen LogP contribution in [0.25, 0.3) is 22.3 Å². The Kier molecular flexibility index (Phi) is 18.7. The molecule has 88 heavy (non-hydrogen) atoms. The Balaban J connectivity index is 0.946. The first-order valence-electron chi connectivity index (χ1n) is 28.8. The number of hydrogen-bond acceptors (Lipinski definition) is 18. The molecule has 6 heterocycles. The number of rotatable bonds is 25. The predicted molar refractivity (Wildman–Crippen MR) is 332 cm³/mol. The van der Waals surface area contributed by atoms with Gasteiger partial charge in [0, 0.05) is 24.0 Å².